The molecule has 0 atom stereocenters. The second-order valence-electron chi connectivity index (χ2n) is 7.43. The molecule has 0 fully saturated rings. The number of hydrazone groups is 1. The molecule has 0 aliphatic heterocycles. The third-order valence-corrected chi connectivity index (χ3v) is 5.05. The number of benzene rings is 3. The molecule has 0 radical (unpaired) electrons. The summed E-state index contributed by atoms with van der Waals surface area (Å²) < 4.78 is 29.9. The summed E-state index contributed by atoms with van der Waals surface area (Å²) in [5.74, 6) is -2.47. The SMILES string of the molecule is CCOc1ccccc1NC(=O)C(=O)N/N=C\c1cc(Cl)c(OCC(=O)Nc2ccccc2F)c(OC)c1. The van der Waals surface area contributed by atoms with Crippen molar-refractivity contribution in [2.24, 2.45) is 5.10 Å². The van der Waals surface area contributed by atoms with Crippen LogP contribution in [0.5, 0.6) is 17.2 Å². The first kappa shape index (κ1) is 27.9. The lowest BCUT2D eigenvalue weighted by atomic mass is 10.2. The molecule has 0 aliphatic rings. The average molecular weight is 543 g/mol. The van der Waals surface area contributed by atoms with Gasteiger partial charge in [0, 0.05) is 0 Å². The van der Waals surface area contributed by atoms with E-state index in [2.05, 4.69) is 21.2 Å². The first-order chi connectivity index (χ1) is 18.3. The Labute approximate surface area is 222 Å². The van der Waals surface area contributed by atoms with Crippen LogP contribution in [0.1, 0.15) is 12.5 Å². The van der Waals surface area contributed by atoms with Gasteiger partial charge in [0.2, 0.25) is 0 Å². The molecule has 3 amide bonds. The number of hydrogen-bond donors (Lipinski definition) is 3. The fourth-order valence-electron chi connectivity index (χ4n) is 3.09. The van der Waals surface area contributed by atoms with Crippen molar-refractivity contribution in [3.63, 3.8) is 0 Å². The van der Waals surface area contributed by atoms with Crippen molar-refractivity contribution >= 4 is 46.9 Å². The Bertz CT molecular complexity index is 1350. The van der Waals surface area contributed by atoms with Crippen molar-refractivity contribution in [3.05, 3.63) is 77.1 Å². The highest BCUT2D eigenvalue weighted by molar-refractivity contribution is 6.39. The minimum absolute atomic E-state index is 0.0138. The van der Waals surface area contributed by atoms with Crippen LogP contribution in [-0.4, -0.2) is 44.3 Å². The van der Waals surface area contributed by atoms with Gasteiger partial charge >= 0.3 is 11.8 Å². The van der Waals surface area contributed by atoms with Gasteiger partial charge in [0.25, 0.3) is 5.91 Å². The zero-order chi connectivity index (χ0) is 27.5. The van der Waals surface area contributed by atoms with Crippen molar-refractivity contribution < 1.29 is 33.0 Å². The summed E-state index contributed by atoms with van der Waals surface area (Å²) in [7, 11) is 1.37. The van der Waals surface area contributed by atoms with Crippen LogP contribution in [0.25, 0.3) is 0 Å². The van der Waals surface area contributed by atoms with Gasteiger partial charge in [-0.3, -0.25) is 14.4 Å². The van der Waals surface area contributed by atoms with E-state index in [4.69, 9.17) is 25.8 Å². The number of carbonyl (C=O) groups excluding carboxylic acids is 3. The second kappa shape index (κ2) is 13.6. The Kier molecular flexibility index (Phi) is 10.0. The topological polar surface area (TPSA) is 127 Å². The number of halogens is 2. The van der Waals surface area contributed by atoms with E-state index in [1.165, 1.54) is 43.7 Å². The van der Waals surface area contributed by atoms with E-state index in [1.807, 2.05) is 0 Å². The summed E-state index contributed by atoms with van der Waals surface area (Å²) in [6.45, 7) is 1.72. The summed E-state index contributed by atoms with van der Waals surface area (Å²) in [6.07, 6.45) is 1.24. The molecule has 3 N–H and O–H groups in total. The normalized spacial score (nSPS) is 10.5. The first-order valence-corrected chi connectivity index (χ1v) is 11.6. The molecule has 198 valence electrons. The Hall–Kier alpha value is -4.64. The standard InChI is InChI=1S/C26H24ClFN4O6/c1-3-37-21-11-7-6-10-20(21)31-25(34)26(35)32-29-14-16-12-17(27)24(22(13-16)36-2)38-15-23(33)30-19-9-5-4-8-18(19)28/h4-14H,3,15H2,1-2H3,(H,30,33)(H,31,34)(H,32,35)/b29-14-. The molecule has 3 rings (SSSR count). The van der Waals surface area contributed by atoms with E-state index >= 15 is 0 Å². The lowest BCUT2D eigenvalue weighted by Gasteiger charge is -2.13. The molecule has 38 heavy (non-hydrogen) atoms. The first-order valence-electron chi connectivity index (χ1n) is 11.2. The molecule has 10 nitrogen and oxygen atoms in total. The zero-order valence-electron chi connectivity index (χ0n) is 20.4. The number of hydrogen-bond acceptors (Lipinski definition) is 7. The smallest absolute Gasteiger partial charge is 0.329 e. The largest absolute Gasteiger partial charge is 0.493 e. The number of amides is 3. The fraction of sp³-hybridized carbons (Fsp3) is 0.154. The number of nitrogens with zero attached hydrogens (tertiary/aromatic N) is 1. The van der Waals surface area contributed by atoms with E-state index in [0.717, 1.165) is 0 Å². The molecule has 0 saturated heterocycles. The van der Waals surface area contributed by atoms with Crippen LogP contribution in [-0.2, 0) is 14.4 Å². The maximum absolute atomic E-state index is 13.7. The maximum Gasteiger partial charge on any atom is 0.329 e. The van der Waals surface area contributed by atoms with Crippen LogP contribution in [0.3, 0.4) is 0 Å². The highest BCUT2D eigenvalue weighted by atomic mass is 35.5. The van der Waals surface area contributed by atoms with Crippen molar-refractivity contribution in [1.82, 2.24) is 5.43 Å². The summed E-state index contributed by atoms with van der Waals surface area (Å²) in [4.78, 5) is 36.5. The number of ether oxygens (including phenoxy) is 3. The average Bonchev–Trinajstić information content (AvgIpc) is 2.90. The molecule has 0 heterocycles. The summed E-state index contributed by atoms with van der Waals surface area (Å²) in [6, 6.07) is 15.3. The van der Waals surface area contributed by atoms with E-state index in [9.17, 15) is 18.8 Å². The Balaban J connectivity index is 1.59. The van der Waals surface area contributed by atoms with E-state index < -0.39 is 30.1 Å². The van der Waals surface area contributed by atoms with Crippen LogP contribution in [0.15, 0.2) is 65.8 Å². The van der Waals surface area contributed by atoms with E-state index in [1.54, 1.807) is 37.3 Å². The Morgan fingerprint density at radius 2 is 1.66 bits per heavy atom. The second-order valence-corrected chi connectivity index (χ2v) is 7.84. The molecular formula is C26H24ClFN4O6. The number of nitrogens with one attached hydrogen (secondary N) is 3. The molecule has 0 aromatic heterocycles. The van der Waals surface area contributed by atoms with Crippen molar-refractivity contribution in [2.45, 2.75) is 6.92 Å². The Morgan fingerprint density at radius 1 is 0.947 bits per heavy atom. The molecule has 12 heteroatoms. The summed E-state index contributed by atoms with van der Waals surface area (Å²) >= 11 is 6.28. The molecule has 0 unspecified atom stereocenters. The van der Waals surface area contributed by atoms with Crippen LogP contribution in [0, 0.1) is 5.82 Å². The van der Waals surface area contributed by atoms with Gasteiger partial charge in [0.1, 0.15) is 11.6 Å². The van der Waals surface area contributed by atoms with Crippen molar-refractivity contribution in [3.8, 4) is 17.2 Å². The molecule has 0 spiro atoms. The van der Waals surface area contributed by atoms with E-state index in [-0.39, 0.29) is 22.2 Å². The molecule has 0 bridgehead atoms. The van der Waals surface area contributed by atoms with Crippen LogP contribution in [0.4, 0.5) is 15.8 Å². The number of anilines is 2. The van der Waals surface area contributed by atoms with E-state index in [0.29, 0.717) is 23.6 Å². The van der Waals surface area contributed by atoms with Crippen molar-refractivity contribution in [1.29, 1.82) is 0 Å². The van der Waals surface area contributed by atoms with Gasteiger partial charge in [-0.1, -0.05) is 35.9 Å². The van der Waals surface area contributed by atoms with Gasteiger partial charge in [-0.2, -0.15) is 5.10 Å². The monoisotopic (exact) mass is 542 g/mol. The minimum atomic E-state index is -1.01. The molecule has 3 aromatic carbocycles. The highest BCUT2D eigenvalue weighted by Crippen LogP contribution is 2.36. The van der Waals surface area contributed by atoms with Gasteiger partial charge < -0.3 is 24.8 Å². The van der Waals surface area contributed by atoms with Gasteiger partial charge in [0.15, 0.2) is 18.1 Å². The van der Waals surface area contributed by atoms with Crippen LogP contribution < -0.4 is 30.3 Å². The minimum Gasteiger partial charge on any atom is -0.493 e. The zero-order valence-corrected chi connectivity index (χ0v) is 21.2. The third kappa shape index (κ3) is 7.68. The number of carbonyl (C=O) groups is 3. The maximum atomic E-state index is 13.7. The van der Waals surface area contributed by atoms with Crippen LogP contribution in [0.2, 0.25) is 5.02 Å². The lowest BCUT2D eigenvalue weighted by molar-refractivity contribution is -0.136. The van der Waals surface area contributed by atoms with Crippen LogP contribution >= 0.6 is 11.6 Å². The van der Waals surface area contributed by atoms with Gasteiger partial charge in [-0.05, 0) is 48.9 Å². The molecule has 3 aromatic rings. The molecule has 0 saturated carbocycles. The lowest BCUT2D eigenvalue weighted by Crippen LogP contribution is -2.32. The number of methoxy groups -OCH3 is 1. The molecular weight excluding hydrogens is 519 g/mol. The third-order valence-electron chi connectivity index (χ3n) is 4.77. The molecule has 0 aliphatic carbocycles. The summed E-state index contributed by atoms with van der Waals surface area (Å²) in [5.41, 5.74) is 2.88. The highest BCUT2D eigenvalue weighted by Gasteiger charge is 2.16. The van der Waals surface area contributed by atoms with Crippen molar-refractivity contribution in [2.75, 3.05) is 31.0 Å². The predicted molar refractivity (Wildman–Crippen MR) is 141 cm³/mol. The van der Waals surface area contributed by atoms with Gasteiger partial charge in [-0.25, -0.2) is 9.82 Å². The fourth-order valence-corrected chi connectivity index (χ4v) is 3.36. The predicted octanol–water partition coefficient (Wildman–Crippen LogP) is 3.99. The summed E-state index contributed by atoms with van der Waals surface area (Å²) in [5, 5.41) is 8.71. The quantitative estimate of drug-likeness (QED) is 0.202. The Morgan fingerprint density at radius 3 is 2.37 bits per heavy atom. The van der Waals surface area contributed by atoms with Gasteiger partial charge in [-0.15, -0.1) is 0 Å². The van der Waals surface area contributed by atoms with Gasteiger partial charge in [0.05, 0.1) is 36.3 Å². The number of para-hydroxylation sites is 3. The number of rotatable bonds is 10.